The van der Waals surface area contributed by atoms with Gasteiger partial charge >= 0.3 is 0 Å². The summed E-state index contributed by atoms with van der Waals surface area (Å²) in [7, 11) is 7.05. The van der Waals surface area contributed by atoms with Gasteiger partial charge in [-0.1, -0.05) is 12.1 Å². The van der Waals surface area contributed by atoms with Crippen LogP contribution in [-0.2, 0) is 11.3 Å². The van der Waals surface area contributed by atoms with Crippen molar-refractivity contribution < 1.29 is 14.3 Å². The van der Waals surface area contributed by atoms with Gasteiger partial charge in [0, 0.05) is 31.7 Å². The van der Waals surface area contributed by atoms with Gasteiger partial charge in [0.2, 0.25) is 5.91 Å². The first-order valence-corrected chi connectivity index (χ1v) is 8.42. The van der Waals surface area contributed by atoms with Crippen molar-refractivity contribution >= 4 is 18.3 Å². The number of benzene rings is 1. The van der Waals surface area contributed by atoms with E-state index in [2.05, 4.69) is 10.2 Å². The van der Waals surface area contributed by atoms with Crippen molar-refractivity contribution in [3.63, 3.8) is 0 Å². The summed E-state index contributed by atoms with van der Waals surface area (Å²) in [5.74, 6) is 1.49. The molecule has 1 amide bonds. The fraction of sp³-hybridized carbons (Fsp3) is 0.611. The second kappa shape index (κ2) is 10.5. The summed E-state index contributed by atoms with van der Waals surface area (Å²) in [6.07, 6.45) is 2.31. The Morgan fingerprint density at radius 1 is 1.36 bits per heavy atom. The van der Waals surface area contributed by atoms with Crippen LogP contribution in [0.15, 0.2) is 18.2 Å². The highest BCUT2D eigenvalue weighted by Gasteiger charge is 2.22. The number of hydrogen-bond donors (Lipinski definition) is 1. The van der Waals surface area contributed by atoms with Gasteiger partial charge in [-0.3, -0.25) is 9.69 Å². The number of likely N-dealkylation sites (N-methyl/N-ethyl adjacent to an activating group) is 2. The van der Waals surface area contributed by atoms with Crippen LogP contribution in [0.5, 0.6) is 11.5 Å². The van der Waals surface area contributed by atoms with Gasteiger partial charge in [-0.05, 0) is 32.5 Å². The molecule has 0 aromatic heterocycles. The predicted molar refractivity (Wildman–Crippen MR) is 102 cm³/mol. The second-order valence-corrected chi connectivity index (χ2v) is 6.27. The van der Waals surface area contributed by atoms with E-state index in [0.29, 0.717) is 30.6 Å². The Bertz CT molecular complexity index is 556. The molecule has 7 heteroatoms. The van der Waals surface area contributed by atoms with Crippen LogP contribution in [0.2, 0.25) is 0 Å². The largest absolute Gasteiger partial charge is 0.493 e. The molecule has 0 aliphatic carbocycles. The first-order chi connectivity index (χ1) is 11.6. The monoisotopic (exact) mass is 371 g/mol. The molecule has 1 aromatic rings. The van der Waals surface area contributed by atoms with Crippen molar-refractivity contribution in [3.8, 4) is 11.5 Å². The molecule has 0 saturated carbocycles. The van der Waals surface area contributed by atoms with Crippen molar-refractivity contribution in [2.24, 2.45) is 0 Å². The zero-order valence-electron chi connectivity index (χ0n) is 15.6. The van der Waals surface area contributed by atoms with Gasteiger partial charge in [-0.25, -0.2) is 0 Å². The third-order valence-electron chi connectivity index (χ3n) is 4.59. The Morgan fingerprint density at radius 2 is 2.12 bits per heavy atom. The van der Waals surface area contributed by atoms with Crippen LogP contribution in [0.25, 0.3) is 0 Å². The summed E-state index contributed by atoms with van der Waals surface area (Å²) in [4.78, 5) is 16.5. The van der Waals surface area contributed by atoms with Crippen LogP contribution in [0, 0.1) is 0 Å². The predicted octanol–water partition coefficient (Wildman–Crippen LogP) is 1.77. The van der Waals surface area contributed by atoms with E-state index in [9.17, 15) is 4.79 Å². The van der Waals surface area contributed by atoms with Crippen LogP contribution in [0.3, 0.4) is 0 Å². The highest BCUT2D eigenvalue weighted by Crippen LogP contribution is 2.31. The number of piperidine rings is 1. The maximum Gasteiger partial charge on any atom is 0.236 e. The molecule has 1 atom stereocenters. The zero-order chi connectivity index (χ0) is 17.5. The Balaban J connectivity index is 0.00000312. The minimum atomic E-state index is 0. The lowest BCUT2D eigenvalue weighted by molar-refractivity contribution is -0.132. The number of hydrogen-bond acceptors (Lipinski definition) is 5. The molecule has 1 aromatic carbocycles. The standard InChI is InChI=1S/C18H29N3O3.ClH/c1-19-15-8-6-10-21(12-15)13-17(22)20(2)11-14-7-5-9-16(23-3)18(14)24-4;/h5,7,9,15,19H,6,8,10-13H2,1-4H3;1H. The topological polar surface area (TPSA) is 54.0 Å². The van der Waals surface area contributed by atoms with E-state index in [4.69, 9.17) is 9.47 Å². The molecule has 1 aliphatic rings. The summed E-state index contributed by atoms with van der Waals surface area (Å²) >= 11 is 0. The summed E-state index contributed by atoms with van der Waals surface area (Å²) < 4.78 is 10.8. The molecule has 1 unspecified atom stereocenters. The van der Waals surface area contributed by atoms with Crippen molar-refractivity contribution in [2.75, 3.05) is 47.9 Å². The fourth-order valence-corrected chi connectivity index (χ4v) is 3.17. The molecule has 142 valence electrons. The molecule has 6 nitrogen and oxygen atoms in total. The lowest BCUT2D eigenvalue weighted by atomic mass is 10.1. The van der Waals surface area contributed by atoms with Crippen molar-refractivity contribution in [2.45, 2.75) is 25.4 Å². The molecule has 25 heavy (non-hydrogen) atoms. The quantitative estimate of drug-likeness (QED) is 0.791. The number of methoxy groups -OCH3 is 2. The number of halogens is 1. The molecular formula is C18H30ClN3O3. The first-order valence-electron chi connectivity index (χ1n) is 8.42. The van der Waals surface area contributed by atoms with Gasteiger partial charge < -0.3 is 19.7 Å². The van der Waals surface area contributed by atoms with Gasteiger partial charge in [-0.15, -0.1) is 12.4 Å². The van der Waals surface area contributed by atoms with E-state index in [1.165, 1.54) is 6.42 Å². The van der Waals surface area contributed by atoms with Gasteiger partial charge in [0.25, 0.3) is 0 Å². The number of nitrogens with one attached hydrogen (secondary N) is 1. The van der Waals surface area contributed by atoms with E-state index < -0.39 is 0 Å². The second-order valence-electron chi connectivity index (χ2n) is 6.27. The number of para-hydroxylation sites is 1. The molecule has 1 fully saturated rings. The molecule has 1 N–H and O–H groups in total. The van der Waals surface area contributed by atoms with E-state index in [1.54, 1.807) is 19.1 Å². The number of rotatable bonds is 7. The molecule has 0 radical (unpaired) electrons. The van der Waals surface area contributed by atoms with Gasteiger partial charge in [0.1, 0.15) is 0 Å². The van der Waals surface area contributed by atoms with E-state index >= 15 is 0 Å². The summed E-state index contributed by atoms with van der Waals surface area (Å²) in [6.45, 7) is 2.88. The molecule has 1 heterocycles. The molecule has 1 saturated heterocycles. The maximum absolute atomic E-state index is 12.6. The highest BCUT2D eigenvalue weighted by molar-refractivity contribution is 5.85. The van der Waals surface area contributed by atoms with Crippen molar-refractivity contribution in [3.05, 3.63) is 23.8 Å². The van der Waals surface area contributed by atoms with Gasteiger partial charge in [0.05, 0.1) is 20.8 Å². The molecule has 2 rings (SSSR count). The van der Waals surface area contributed by atoms with Crippen molar-refractivity contribution in [1.29, 1.82) is 0 Å². The highest BCUT2D eigenvalue weighted by atomic mass is 35.5. The van der Waals surface area contributed by atoms with Crippen LogP contribution >= 0.6 is 12.4 Å². The molecular weight excluding hydrogens is 342 g/mol. The summed E-state index contributed by atoms with van der Waals surface area (Å²) in [6, 6.07) is 6.21. The van der Waals surface area contributed by atoms with E-state index in [-0.39, 0.29) is 18.3 Å². The third kappa shape index (κ3) is 5.76. The van der Waals surface area contributed by atoms with Crippen LogP contribution in [0.4, 0.5) is 0 Å². The first kappa shape index (κ1) is 21.5. The molecule has 0 spiro atoms. The smallest absolute Gasteiger partial charge is 0.236 e. The normalized spacial score (nSPS) is 17.5. The number of amides is 1. The minimum absolute atomic E-state index is 0. The number of ether oxygens (including phenoxy) is 2. The van der Waals surface area contributed by atoms with E-state index in [1.807, 2.05) is 32.3 Å². The SMILES string of the molecule is CNC1CCCN(CC(=O)N(C)Cc2cccc(OC)c2OC)C1.Cl. The summed E-state index contributed by atoms with van der Waals surface area (Å²) in [5, 5.41) is 3.31. The third-order valence-corrected chi connectivity index (χ3v) is 4.59. The van der Waals surface area contributed by atoms with Crippen molar-refractivity contribution in [1.82, 2.24) is 15.1 Å². The Hall–Kier alpha value is -1.50. The number of carbonyl (C=O) groups is 1. The number of nitrogens with zero attached hydrogens (tertiary/aromatic N) is 2. The van der Waals surface area contributed by atoms with E-state index in [0.717, 1.165) is 25.1 Å². The summed E-state index contributed by atoms with van der Waals surface area (Å²) in [5.41, 5.74) is 0.944. The number of carbonyl (C=O) groups excluding carboxylic acids is 1. The maximum atomic E-state index is 12.6. The minimum Gasteiger partial charge on any atom is -0.493 e. The van der Waals surface area contributed by atoms with Crippen LogP contribution in [-0.4, -0.2) is 69.7 Å². The van der Waals surface area contributed by atoms with Gasteiger partial charge in [-0.2, -0.15) is 0 Å². The average molecular weight is 372 g/mol. The van der Waals surface area contributed by atoms with Crippen LogP contribution < -0.4 is 14.8 Å². The fourth-order valence-electron chi connectivity index (χ4n) is 3.17. The Morgan fingerprint density at radius 3 is 2.76 bits per heavy atom. The lowest BCUT2D eigenvalue weighted by Gasteiger charge is -2.33. The molecule has 0 bridgehead atoms. The Kier molecular flexibility index (Phi) is 9.03. The molecule has 1 aliphatic heterocycles. The average Bonchev–Trinajstić information content (AvgIpc) is 2.61. The zero-order valence-corrected chi connectivity index (χ0v) is 16.4. The van der Waals surface area contributed by atoms with Gasteiger partial charge in [0.15, 0.2) is 11.5 Å². The Labute approximate surface area is 156 Å². The lowest BCUT2D eigenvalue weighted by Crippen LogP contribution is -2.48. The van der Waals surface area contributed by atoms with Crippen LogP contribution in [0.1, 0.15) is 18.4 Å². The number of likely N-dealkylation sites (tertiary alicyclic amines) is 1.